The van der Waals surface area contributed by atoms with E-state index in [0.29, 0.717) is 6.04 Å². The van der Waals surface area contributed by atoms with Gasteiger partial charge < -0.3 is 5.73 Å². The van der Waals surface area contributed by atoms with E-state index in [1.807, 2.05) is 0 Å². The molecular weight excluding hydrogens is 326 g/mol. The molecule has 0 aliphatic rings. The highest BCUT2D eigenvalue weighted by molar-refractivity contribution is 5.85. The van der Waals surface area contributed by atoms with Crippen LogP contribution in [-0.4, -0.2) is 6.04 Å². The van der Waals surface area contributed by atoms with Gasteiger partial charge in [0.1, 0.15) is 0 Å². The summed E-state index contributed by atoms with van der Waals surface area (Å²) in [6.45, 7) is 11.0. The number of rotatable bonds is 18. The van der Waals surface area contributed by atoms with E-state index in [1.165, 1.54) is 103 Å². The van der Waals surface area contributed by atoms with Crippen molar-refractivity contribution < 1.29 is 0 Å². The van der Waals surface area contributed by atoms with Crippen molar-refractivity contribution in [3.05, 3.63) is 12.7 Å². The maximum atomic E-state index is 6.67. The summed E-state index contributed by atoms with van der Waals surface area (Å²) in [7, 11) is 0. The molecule has 1 atom stereocenters. The third kappa shape index (κ3) is 12.9. The lowest BCUT2D eigenvalue weighted by molar-refractivity contribution is 0.230. The molecule has 0 aliphatic heterocycles. The van der Waals surface area contributed by atoms with Crippen molar-refractivity contribution in [1.29, 1.82) is 0 Å². The molecular formula is C23H48ClN. The Morgan fingerprint density at radius 2 is 1.12 bits per heavy atom. The van der Waals surface area contributed by atoms with Crippen LogP contribution in [0, 0.1) is 5.41 Å². The Morgan fingerprint density at radius 3 is 1.52 bits per heavy atom. The zero-order valence-electron chi connectivity index (χ0n) is 17.7. The molecule has 0 radical (unpaired) electrons. The summed E-state index contributed by atoms with van der Waals surface area (Å²) in [6.07, 6.45) is 23.4. The zero-order chi connectivity index (χ0) is 18.1. The van der Waals surface area contributed by atoms with E-state index in [-0.39, 0.29) is 17.8 Å². The highest BCUT2D eigenvalue weighted by Crippen LogP contribution is 2.37. The quantitative estimate of drug-likeness (QED) is 0.190. The minimum atomic E-state index is 0. The molecule has 0 saturated heterocycles. The van der Waals surface area contributed by atoms with E-state index in [9.17, 15) is 0 Å². The Hall–Kier alpha value is -0.0100. The first kappa shape index (κ1) is 27.2. The molecule has 25 heavy (non-hydrogen) atoms. The summed E-state index contributed by atoms with van der Waals surface area (Å²) < 4.78 is 0. The molecule has 0 aromatic rings. The Kier molecular flexibility index (Phi) is 20.4. The SMILES string of the molecule is C=CC(CCCC)(CCCC)C(N)CCCCCCCCCCC.Cl. The molecule has 2 N–H and O–H groups in total. The lowest BCUT2D eigenvalue weighted by Gasteiger charge is -2.37. The van der Waals surface area contributed by atoms with Gasteiger partial charge in [0.25, 0.3) is 0 Å². The van der Waals surface area contributed by atoms with E-state index >= 15 is 0 Å². The van der Waals surface area contributed by atoms with Crippen LogP contribution in [0.3, 0.4) is 0 Å². The first-order valence-electron chi connectivity index (χ1n) is 11.1. The molecule has 0 aromatic heterocycles. The number of nitrogens with two attached hydrogens (primary N) is 1. The molecule has 1 nitrogen and oxygen atoms in total. The van der Waals surface area contributed by atoms with Crippen LogP contribution >= 0.6 is 12.4 Å². The summed E-state index contributed by atoms with van der Waals surface area (Å²) in [5.41, 5.74) is 6.86. The van der Waals surface area contributed by atoms with Crippen molar-refractivity contribution in [2.75, 3.05) is 0 Å². The molecule has 0 saturated carbocycles. The number of hydrogen-bond acceptors (Lipinski definition) is 1. The predicted molar refractivity (Wildman–Crippen MR) is 119 cm³/mol. The van der Waals surface area contributed by atoms with Crippen LogP contribution in [0.25, 0.3) is 0 Å². The molecule has 0 amide bonds. The highest BCUT2D eigenvalue weighted by Gasteiger charge is 2.31. The second-order valence-electron chi connectivity index (χ2n) is 7.87. The van der Waals surface area contributed by atoms with E-state index in [2.05, 4.69) is 33.4 Å². The standard InChI is InChI=1S/C23H47N.ClH/c1-5-9-12-13-14-15-16-17-18-19-22(24)23(8-4,20-10-6-2)21-11-7-3;/h8,22H,4-7,9-21,24H2,1-3H3;1H. The summed E-state index contributed by atoms with van der Waals surface area (Å²) >= 11 is 0. The molecule has 0 rings (SSSR count). The van der Waals surface area contributed by atoms with Gasteiger partial charge >= 0.3 is 0 Å². The van der Waals surface area contributed by atoms with Crippen LogP contribution in [-0.2, 0) is 0 Å². The average molecular weight is 374 g/mol. The number of unbranched alkanes of at least 4 members (excludes halogenated alkanes) is 10. The van der Waals surface area contributed by atoms with Gasteiger partial charge in [-0.3, -0.25) is 0 Å². The normalized spacial score (nSPS) is 12.6. The zero-order valence-corrected chi connectivity index (χ0v) is 18.5. The van der Waals surface area contributed by atoms with Gasteiger partial charge in [-0.2, -0.15) is 0 Å². The number of halogens is 1. The van der Waals surface area contributed by atoms with Crippen LogP contribution in [0.2, 0.25) is 0 Å². The fraction of sp³-hybridized carbons (Fsp3) is 0.913. The van der Waals surface area contributed by atoms with Gasteiger partial charge in [0.05, 0.1) is 0 Å². The Labute approximate surface area is 166 Å². The van der Waals surface area contributed by atoms with Gasteiger partial charge in [0.15, 0.2) is 0 Å². The highest BCUT2D eigenvalue weighted by atomic mass is 35.5. The van der Waals surface area contributed by atoms with E-state index in [4.69, 9.17) is 5.73 Å². The maximum absolute atomic E-state index is 6.67. The van der Waals surface area contributed by atoms with Gasteiger partial charge in [0.2, 0.25) is 0 Å². The van der Waals surface area contributed by atoms with Crippen molar-refractivity contribution in [2.45, 2.75) is 130 Å². The van der Waals surface area contributed by atoms with E-state index in [0.717, 1.165) is 0 Å². The minimum Gasteiger partial charge on any atom is -0.327 e. The van der Waals surface area contributed by atoms with Gasteiger partial charge in [0, 0.05) is 11.5 Å². The van der Waals surface area contributed by atoms with Crippen LogP contribution in [0.1, 0.15) is 124 Å². The van der Waals surface area contributed by atoms with Gasteiger partial charge in [-0.1, -0.05) is 110 Å². The lowest BCUT2D eigenvalue weighted by atomic mass is 9.71. The first-order valence-corrected chi connectivity index (χ1v) is 11.1. The topological polar surface area (TPSA) is 26.0 Å². The smallest absolute Gasteiger partial charge is 0.0130 e. The molecule has 1 unspecified atom stereocenters. The Balaban J connectivity index is 0. The van der Waals surface area contributed by atoms with E-state index < -0.39 is 0 Å². The molecule has 152 valence electrons. The minimum absolute atomic E-state index is 0. The van der Waals surface area contributed by atoms with Crippen molar-refractivity contribution in [3.63, 3.8) is 0 Å². The summed E-state index contributed by atoms with van der Waals surface area (Å²) in [5.74, 6) is 0. The molecule has 0 bridgehead atoms. The van der Waals surface area contributed by atoms with E-state index in [1.54, 1.807) is 0 Å². The Bertz CT molecular complexity index is 269. The molecule has 0 spiro atoms. The fourth-order valence-corrected chi connectivity index (χ4v) is 3.83. The van der Waals surface area contributed by atoms with Gasteiger partial charge in [-0.15, -0.1) is 19.0 Å². The predicted octanol–water partition coefficient (Wildman–Crippen LogP) is 8.21. The first-order chi connectivity index (χ1) is 11.7. The average Bonchev–Trinajstić information content (AvgIpc) is 2.60. The summed E-state index contributed by atoms with van der Waals surface area (Å²) in [6, 6.07) is 0.303. The monoisotopic (exact) mass is 373 g/mol. The molecule has 0 aromatic carbocycles. The summed E-state index contributed by atoms with van der Waals surface area (Å²) in [5, 5.41) is 0. The second kappa shape index (κ2) is 18.8. The Morgan fingerprint density at radius 1 is 0.720 bits per heavy atom. The van der Waals surface area contributed by atoms with Crippen LogP contribution in [0.4, 0.5) is 0 Å². The van der Waals surface area contributed by atoms with Crippen LogP contribution < -0.4 is 5.73 Å². The lowest BCUT2D eigenvalue weighted by Crippen LogP contribution is -2.40. The van der Waals surface area contributed by atoms with Crippen molar-refractivity contribution in [3.8, 4) is 0 Å². The largest absolute Gasteiger partial charge is 0.327 e. The maximum Gasteiger partial charge on any atom is 0.0130 e. The number of hydrogen-bond donors (Lipinski definition) is 1. The van der Waals surface area contributed by atoms with Crippen molar-refractivity contribution in [2.24, 2.45) is 11.1 Å². The third-order valence-electron chi connectivity index (χ3n) is 5.76. The van der Waals surface area contributed by atoms with Gasteiger partial charge in [-0.25, -0.2) is 0 Å². The van der Waals surface area contributed by atoms with Crippen molar-refractivity contribution >= 4 is 12.4 Å². The third-order valence-corrected chi connectivity index (χ3v) is 5.76. The van der Waals surface area contributed by atoms with Crippen LogP contribution in [0.5, 0.6) is 0 Å². The van der Waals surface area contributed by atoms with Gasteiger partial charge in [-0.05, 0) is 19.3 Å². The van der Waals surface area contributed by atoms with Crippen LogP contribution in [0.15, 0.2) is 12.7 Å². The van der Waals surface area contributed by atoms with Crippen molar-refractivity contribution in [1.82, 2.24) is 0 Å². The second-order valence-corrected chi connectivity index (χ2v) is 7.87. The molecule has 0 heterocycles. The molecule has 0 aliphatic carbocycles. The fourth-order valence-electron chi connectivity index (χ4n) is 3.83. The molecule has 2 heteroatoms. The molecule has 0 fully saturated rings. The summed E-state index contributed by atoms with van der Waals surface area (Å²) in [4.78, 5) is 0.